The Labute approximate surface area is 122 Å². The lowest BCUT2D eigenvalue weighted by Gasteiger charge is -2.26. The second kappa shape index (κ2) is 5.65. The molecule has 1 fully saturated rings. The van der Waals surface area contributed by atoms with Crippen molar-refractivity contribution in [3.8, 4) is 5.75 Å². The Balaban J connectivity index is 1.90. The highest BCUT2D eigenvalue weighted by molar-refractivity contribution is 5.88. The van der Waals surface area contributed by atoms with Crippen LogP contribution in [0.3, 0.4) is 0 Å². The van der Waals surface area contributed by atoms with Gasteiger partial charge in [0.05, 0.1) is 4.92 Å². The van der Waals surface area contributed by atoms with Crippen LogP contribution in [0, 0.1) is 10.1 Å². The number of phenols is 1. The lowest BCUT2D eigenvalue weighted by Crippen LogP contribution is -2.29. The average Bonchev–Trinajstić information content (AvgIpc) is 2.48. The standard InChI is InChI=1S/C15H17N3O3/c19-15-13(18(20)21)5-4-12-8-11(9-16-14(12)15)10-17-6-2-1-3-7-17/h4-5,8-9,19H,1-3,6-7,10H2. The average molecular weight is 287 g/mol. The molecule has 0 aliphatic carbocycles. The number of pyridine rings is 1. The fraction of sp³-hybridized carbons (Fsp3) is 0.400. The number of aromatic nitrogens is 1. The fourth-order valence-electron chi connectivity index (χ4n) is 2.83. The Bertz CT molecular complexity index is 681. The van der Waals surface area contributed by atoms with E-state index in [0.717, 1.165) is 30.6 Å². The summed E-state index contributed by atoms with van der Waals surface area (Å²) in [7, 11) is 0. The Morgan fingerprint density at radius 2 is 2.05 bits per heavy atom. The van der Waals surface area contributed by atoms with Gasteiger partial charge in [0.15, 0.2) is 0 Å². The van der Waals surface area contributed by atoms with E-state index in [9.17, 15) is 15.2 Å². The van der Waals surface area contributed by atoms with E-state index in [4.69, 9.17) is 0 Å². The Morgan fingerprint density at radius 1 is 1.29 bits per heavy atom. The van der Waals surface area contributed by atoms with Crippen LogP contribution in [-0.2, 0) is 6.54 Å². The molecule has 0 amide bonds. The molecular weight excluding hydrogens is 270 g/mol. The minimum atomic E-state index is -0.599. The molecule has 0 saturated carbocycles. The van der Waals surface area contributed by atoms with Crippen molar-refractivity contribution in [3.05, 3.63) is 40.1 Å². The van der Waals surface area contributed by atoms with E-state index in [1.165, 1.54) is 25.3 Å². The number of rotatable bonds is 3. The Hall–Kier alpha value is -2.21. The van der Waals surface area contributed by atoms with Crippen molar-refractivity contribution in [2.45, 2.75) is 25.8 Å². The van der Waals surface area contributed by atoms with Crippen molar-refractivity contribution in [2.75, 3.05) is 13.1 Å². The van der Waals surface area contributed by atoms with Crippen LogP contribution in [0.25, 0.3) is 10.9 Å². The highest BCUT2D eigenvalue weighted by Gasteiger charge is 2.17. The molecule has 0 bridgehead atoms. The number of nitro groups is 1. The minimum absolute atomic E-state index is 0.284. The van der Waals surface area contributed by atoms with Crippen LogP contribution in [0.15, 0.2) is 24.4 Å². The van der Waals surface area contributed by atoms with E-state index >= 15 is 0 Å². The summed E-state index contributed by atoms with van der Waals surface area (Å²) < 4.78 is 0. The lowest BCUT2D eigenvalue weighted by molar-refractivity contribution is -0.385. The van der Waals surface area contributed by atoms with Crippen molar-refractivity contribution >= 4 is 16.6 Å². The second-order valence-electron chi connectivity index (χ2n) is 5.44. The van der Waals surface area contributed by atoms with Gasteiger partial charge >= 0.3 is 5.69 Å². The largest absolute Gasteiger partial charge is 0.501 e. The summed E-state index contributed by atoms with van der Waals surface area (Å²) in [5.41, 5.74) is 1.04. The highest BCUT2D eigenvalue weighted by Crippen LogP contribution is 2.33. The maximum Gasteiger partial charge on any atom is 0.313 e. The number of hydrogen-bond donors (Lipinski definition) is 1. The number of fused-ring (bicyclic) bond motifs is 1. The summed E-state index contributed by atoms with van der Waals surface area (Å²) in [5, 5.41) is 21.5. The zero-order chi connectivity index (χ0) is 14.8. The molecule has 0 spiro atoms. The van der Waals surface area contributed by atoms with Crippen LogP contribution in [0.2, 0.25) is 0 Å². The first kappa shape index (κ1) is 13.8. The summed E-state index contributed by atoms with van der Waals surface area (Å²) >= 11 is 0. The SMILES string of the molecule is O=[N+]([O-])c1ccc2cc(CN3CCCCC3)cnc2c1O. The molecule has 1 saturated heterocycles. The van der Waals surface area contributed by atoms with Gasteiger partial charge in [0, 0.05) is 24.2 Å². The van der Waals surface area contributed by atoms with Gasteiger partial charge in [-0.1, -0.05) is 6.42 Å². The van der Waals surface area contributed by atoms with Crippen molar-refractivity contribution in [1.29, 1.82) is 0 Å². The Kier molecular flexibility index (Phi) is 3.70. The van der Waals surface area contributed by atoms with E-state index in [0.29, 0.717) is 0 Å². The Morgan fingerprint density at radius 3 is 2.76 bits per heavy atom. The molecule has 0 unspecified atom stereocenters. The van der Waals surface area contributed by atoms with E-state index in [1.54, 1.807) is 12.3 Å². The number of benzene rings is 1. The molecule has 2 heterocycles. The van der Waals surface area contributed by atoms with Gasteiger partial charge in [-0.2, -0.15) is 0 Å². The summed E-state index contributed by atoms with van der Waals surface area (Å²) in [6.07, 6.45) is 5.45. The molecule has 1 aromatic heterocycles. The van der Waals surface area contributed by atoms with Gasteiger partial charge < -0.3 is 5.11 Å². The molecule has 110 valence electrons. The maximum atomic E-state index is 10.8. The fourth-order valence-corrected chi connectivity index (χ4v) is 2.83. The first-order chi connectivity index (χ1) is 10.1. The molecule has 1 aliphatic heterocycles. The van der Waals surface area contributed by atoms with Crippen LogP contribution in [0.5, 0.6) is 5.75 Å². The van der Waals surface area contributed by atoms with E-state index in [-0.39, 0.29) is 17.0 Å². The maximum absolute atomic E-state index is 10.8. The van der Waals surface area contributed by atoms with Crippen molar-refractivity contribution < 1.29 is 10.0 Å². The second-order valence-corrected chi connectivity index (χ2v) is 5.44. The van der Waals surface area contributed by atoms with Crippen LogP contribution in [0.1, 0.15) is 24.8 Å². The molecular formula is C15H17N3O3. The zero-order valence-corrected chi connectivity index (χ0v) is 11.7. The third kappa shape index (κ3) is 2.80. The smallest absolute Gasteiger partial charge is 0.313 e. The van der Waals surface area contributed by atoms with Gasteiger partial charge in [0.25, 0.3) is 0 Å². The van der Waals surface area contributed by atoms with Gasteiger partial charge in [-0.15, -0.1) is 0 Å². The van der Waals surface area contributed by atoms with Crippen molar-refractivity contribution in [2.24, 2.45) is 0 Å². The van der Waals surface area contributed by atoms with Gasteiger partial charge in [-0.05, 0) is 43.6 Å². The number of phenolic OH excluding ortho intramolecular Hbond substituents is 1. The number of nitrogens with zero attached hydrogens (tertiary/aromatic N) is 3. The molecule has 1 aromatic carbocycles. The van der Waals surface area contributed by atoms with E-state index < -0.39 is 4.92 Å². The third-order valence-electron chi connectivity index (χ3n) is 3.91. The van der Waals surface area contributed by atoms with Crippen LogP contribution in [-0.4, -0.2) is 33.0 Å². The van der Waals surface area contributed by atoms with Crippen LogP contribution in [0.4, 0.5) is 5.69 Å². The van der Waals surface area contributed by atoms with Gasteiger partial charge in [-0.25, -0.2) is 0 Å². The lowest BCUT2D eigenvalue weighted by atomic mass is 10.1. The number of hydrogen-bond acceptors (Lipinski definition) is 5. The van der Waals surface area contributed by atoms with Crippen LogP contribution >= 0.6 is 0 Å². The van der Waals surface area contributed by atoms with Gasteiger partial charge in [0.2, 0.25) is 5.75 Å². The third-order valence-corrected chi connectivity index (χ3v) is 3.91. The van der Waals surface area contributed by atoms with E-state index in [1.807, 2.05) is 6.07 Å². The number of likely N-dealkylation sites (tertiary alicyclic amines) is 1. The summed E-state index contributed by atoms with van der Waals surface area (Å²) in [4.78, 5) is 16.8. The first-order valence-corrected chi connectivity index (χ1v) is 7.12. The van der Waals surface area contributed by atoms with E-state index in [2.05, 4.69) is 9.88 Å². The number of nitro benzene ring substituents is 1. The van der Waals surface area contributed by atoms with Gasteiger partial charge in [0.1, 0.15) is 5.52 Å². The topological polar surface area (TPSA) is 79.5 Å². The minimum Gasteiger partial charge on any atom is -0.501 e. The molecule has 6 nitrogen and oxygen atoms in total. The summed E-state index contributed by atoms with van der Waals surface area (Å²) in [5.74, 6) is -0.359. The molecule has 21 heavy (non-hydrogen) atoms. The van der Waals surface area contributed by atoms with Crippen molar-refractivity contribution in [1.82, 2.24) is 9.88 Å². The molecule has 1 N–H and O–H groups in total. The normalized spacial score (nSPS) is 16.2. The van der Waals surface area contributed by atoms with Gasteiger partial charge in [-0.3, -0.25) is 20.0 Å². The molecule has 1 aliphatic rings. The quantitative estimate of drug-likeness (QED) is 0.693. The summed E-state index contributed by atoms with van der Waals surface area (Å²) in [6, 6.07) is 4.91. The molecule has 0 atom stereocenters. The monoisotopic (exact) mass is 287 g/mol. The first-order valence-electron chi connectivity index (χ1n) is 7.12. The number of piperidine rings is 1. The predicted octanol–water partition coefficient (Wildman–Crippen LogP) is 2.83. The molecule has 3 rings (SSSR count). The number of aromatic hydroxyl groups is 1. The molecule has 2 aromatic rings. The zero-order valence-electron chi connectivity index (χ0n) is 11.7. The highest BCUT2D eigenvalue weighted by atomic mass is 16.6. The molecule has 0 radical (unpaired) electrons. The predicted molar refractivity (Wildman–Crippen MR) is 79.2 cm³/mol. The molecule has 6 heteroatoms. The summed E-state index contributed by atoms with van der Waals surface area (Å²) in [6.45, 7) is 3.04. The van der Waals surface area contributed by atoms with Crippen molar-refractivity contribution in [3.63, 3.8) is 0 Å². The van der Waals surface area contributed by atoms with Crippen LogP contribution < -0.4 is 0 Å².